The van der Waals surface area contributed by atoms with Crippen molar-refractivity contribution < 1.29 is 23.5 Å². The monoisotopic (exact) mass is 433 g/mol. The van der Waals surface area contributed by atoms with E-state index >= 15 is 0 Å². The highest BCUT2D eigenvalue weighted by molar-refractivity contribution is 6.08. The molecule has 1 atom stereocenters. The first kappa shape index (κ1) is 21.3. The van der Waals surface area contributed by atoms with Crippen molar-refractivity contribution in [2.45, 2.75) is 32.8 Å². The summed E-state index contributed by atoms with van der Waals surface area (Å²) in [6.45, 7) is 3.53. The van der Waals surface area contributed by atoms with Crippen molar-refractivity contribution in [2.24, 2.45) is 0 Å². The van der Waals surface area contributed by atoms with Gasteiger partial charge in [0, 0.05) is 11.9 Å². The minimum atomic E-state index is -1.15. The molecule has 0 saturated heterocycles. The molecule has 0 saturated carbocycles. The Bertz CT molecular complexity index is 1210. The summed E-state index contributed by atoms with van der Waals surface area (Å²) in [5.41, 5.74) is 3.53. The lowest BCUT2D eigenvalue weighted by Gasteiger charge is -2.16. The molecule has 1 aromatic carbocycles. The van der Waals surface area contributed by atoms with Gasteiger partial charge in [-0.15, -0.1) is 0 Å². The van der Waals surface area contributed by atoms with Gasteiger partial charge in [0.25, 0.3) is 5.91 Å². The van der Waals surface area contributed by atoms with E-state index in [1.807, 2.05) is 42.5 Å². The second-order valence-electron chi connectivity index (χ2n) is 7.41. The largest absolute Gasteiger partial charge is 0.465 e. The van der Waals surface area contributed by atoms with Gasteiger partial charge in [0.2, 0.25) is 0 Å². The standard InChI is InChI=1S/C24H23N3O5/c1-3-25-24(30)27-22(28)14(2)32-23(29)20-17-8-4-5-9-19(17)26-21-15(10-11-18(20)21)13-16-7-6-12-31-16/h4-9,12-14H,3,10-11H2,1-2H3,(H2,25,27,28,30)/b15-13+. The topological polar surface area (TPSA) is 111 Å². The van der Waals surface area contributed by atoms with Gasteiger partial charge in [-0.2, -0.15) is 0 Å². The first-order chi connectivity index (χ1) is 15.5. The highest BCUT2D eigenvalue weighted by Gasteiger charge is 2.29. The molecule has 2 heterocycles. The molecule has 0 fully saturated rings. The van der Waals surface area contributed by atoms with Crippen molar-refractivity contribution in [1.29, 1.82) is 0 Å². The summed E-state index contributed by atoms with van der Waals surface area (Å²) in [6.07, 6.45) is 3.69. The molecule has 8 heteroatoms. The van der Waals surface area contributed by atoms with Crippen LogP contribution in [0.2, 0.25) is 0 Å². The summed E-state index contributed by atoms with van der Waals surface area (Å²) in [5.74, 6) is -0.613. The Labute approximate surface area is 184 Å². The van der Waals surface area contributed by atoms with Gasteiger partial charge in [-0.05, 0) is 62.1 Å². The second-order valence-corrected chi connectivity index (χ2v) is 7.41. The lowest BCUT2D eigenvalue weighted by Crippen LogP contribution is -2.44. The summed E-state index contributed by atoms with van der Waals surface area (Å²) in [6, 6.07) is 10.4. The third-order valence-corrected chi connectivity index (χ3v) is 5.23. The van der Waals surface area contributed by atoms with Crippen molar-refractivity contribution >= 4 is 40.5 Å². The molecule has 2 aromatic heterocycles. The highest BCUT2D eigenvalue weighted by atomic mass is 16.5. The molecule has 1 unspecified atom stereocenters. The number of nitrogens with one attached hydrogen (secondary N) is 2. The molecule has 3 amide bonds. The average molecular weight is 433 g/mol. The van der Waals surface area contributed by atoms with Crippen molar-refractivity contribution in [1.82, 2.24) is 15.6 Å². The Balaban J connectivity index is 1.67. The minimum absolute atomic E-state index is 0.371. The fourth-order valence-electron chi connectivity index (χ4n) is 3.75. The number of imide groups is 1. The van der Waals surface area contributed by atoms with Gasteiger partial charge in [0.15, 0.2) is 6.10 Å². The number of pyridine rings is 1. The molecule has 2 N–H and O–H groups in total. The molecule has 8 nitrogen and oxygen atoms in total. The zero-order valence-electron chi connectivity index (χ0n) is 17.8. The molecular weight excluding hydrogens is 410 g/mol. The number of allylic oxidation sites excluding steroid dienone is 1. The number of esters is 1. The summed E-state index contributed by atoms with van der Waals surface area (Å²) in [4.78, 5) is 41.8. The number of urea groups is 1. The van der Waals surface area contributed by atoms with E-state index in [2.05, 4.69) is 10.6 Å². The van der Waals surface area contributed by atoms with Gasteiger partial charge in [0.1, 0.15) is 5.76 Å². The molecule has 1 aliphatic rings. The molecule has 3 aromatic rings. The van der Waals surface area contributed by atoms with Crippen LogP contribution in [0.1, 0.15) is 47.6 Å². The maximum absolute atomic E-state index is 13.2. The van der Waals surface area contributed by atoms with Gasteiger partial charge in [0.05, 0.1) is 23.0 Å². The van der Waals surface area contributed by atoms with Crippen molar-refractivity contribution in [3.05, 3.63) is 65.2 Å². The van der Waals surface area contributed by atoms with Gasteiger partial charge >= 0.3 is 12.0 Å². The first-order valence-electron chi connectivity index (χ1n) is 10.4. The summed E-state index contributed by atoms with van der Waals surface area (Å²) < 4.78 is 10.9. The van der Waals surface area contributed by atoms with Crippen LogP contribution < -0.4 is 10.6 Å². The fraction of sp³-hybridized carbons (Fsp3) is 0.250. The maximum Gasteiger partial charge on any atom is 0.339 e. The Hall–Kier alpha value is -3.94. The predicted octanol–water partition coefficient (Wildman–Crippen LogP) is 3.71. The van der Waals surface area contributed by atoms with Crippen molar-refractivity contribution in [3.63, 3.8) is 0 Å². The quantitative estimate of drug-likeness (QED) is 0.594. The number of benzene rings is 1. The maximum atomic E-state index is 13.2. The lowest BCUT2D eigenvalue weighted by atomic mass is 10.0. The van der Waals surface area contributed by atoms with Crippen LogP contribution in [0.3, 0.4) is 0 Å². The third-order valence-electron chi connectivity index (χ3n) is 5.23. The minimum Gasteiger partial charge on any atom is -0.465 e. The molecular formula is C24H23N3O5. The molecule has 1 aliphatic carbocycles. The van der Waals surface area contributed by atoms with E-state index < -0.39 is 24.0 Å². The van der Waals surface area contributed by atoms with E-state index in [4.69, 9.17) is 14.1 Å². The van der Waals surface area contributed by atoms with Crippen molar-refractivity contribution in [3.8, 4) is 0 Å². The molecule has 0 bridgehead atoms. The third kappa shape index (κ3) is 4.25. The van der Waals surface area contributed by atoms with E-state index in [1.165, 1.54) is 6.92 Å². The zero-order valence-corrected chi connectivity index (χ0v) is 17.8. The van der Waals surface area contributed by atoms with Crippen LogP contribution in [0, 0.1) is 0 Å². The molecule has 32 heavy (non-hydrogen) atoms. The Morgan fingerprint density at radius 3 is 2.75 bits per heavy atom. The number of rotatable bonds is 5. The second kappa shape index (κ2) is 9.05. The van der Waals surface area contributed by atoms with Gasteiger partial charge in [-0.25, -0.2) is 14.6 Å². The smallest absolute Gasteiger partial charge is 0.339 e. The Morgan fingerprint density at radius 2 is 2.00 bits per heavy atom. The number of para-hydroxylation sites is 1. The van der Waals surface area contributed by atoms with Crippen LogP contribution in [0.15, 0.2) is 47.1 Å². The number of hydrogen-bond donors (Lipinski definition) is 2. The van der Waals surface area contributed by atoms with Crippen LogP contribution >= 0.6 is 0 Å². The molecule has 0 aliphatic heterocycles. The highest BCUT2D eigenvalue weighted by Crippen LogP contribution is 2.37. The fourth-order valence-corrected chi connectivity index (χ4v) is 3.75. The van der Waals surface area contributed by atoms with Crippen LogP contribution in [0.25, 0.3) is 22.6 Å². The summed E-state index contributed by atoms with van der Waals surface area (Å²) in [7, 11) is 0. The van der Waals surface area contributed by atoms with E-state index in [0.717, 1.165) is 16.8 Å². The zero-order chi connectivity index (χ0) is 22.7. The number of carbonyl (C=O) groups is 3. The van der Waals surface area contributed by atoms with Crippen LogP contribution in [0.4, 0.5) is 4.79 Å². The predicted molar refractivity (Wildman–Crippen MR) is 119 cm³/mol. The van der Waals surface area contributed by atoms with E-state index in [0.29, 0.717) is 41.6 Å². The molecule has 164 valence electrons. The summed E-state index contributed by atoms with van der Waals surface area (Å²) >= 11 is 0. The number of furan rings is 1. The number of ether oxygens (including phenoxy) is 1. The number of amides is 3. The number of carbonyl (C=O) groups excluding carboxylic acids is 3. The number of nitrogens with zero attached hydrogens (tertiary/aromatic N) is 1. The number of fused-ring (bicyclic) bond motifs is 2. The first-order valence-corrected chi connectivity index (χ1v) is 10.4. The lowest BCUT2D eigenvalue weighted by molar-refractivity contribution is -0.127. The molecule has 4 rings (SSSR count). The number of hydrogen-bond acceptors (Lipinski definition) is 6. The molecule has 0 radical (unpaired) electrons. The van der Waals surface area contributed by atoms with Crippen LogP contribution in [0.5, 0.6) is 0 Å². The van der Waals surface area contributed by atoms with Crippen LogP contribution in [-0.2, 0) is 16.0 Å². The Kier molecular flexibility index (Phi) is 6.02. The average Bonchev–Trinajstić information content (AvgIpc) is 3.42. The van der Waals surface area contributed by atoms with E-state index in [9.17, 15) is 14.4 Å². The van der Waals surface area contributed by atoms with Crippen LogP contribution in [-0.4, -0.2) is 35.5 Å². The van der Waals surface area contributed by atoms with Gasteiger partial charge < -0.3 is 14.5 Å². The van der Waals surface area contributed by atoms with Crippen molar-refractivity contribution in [2.75, 3.05) is 6.54 Å². The Morgan fingerprint density at radius 1 is 1.19 bits per heavy atom. The van der Waals surface area contributed by atoms with Gasteiger partial charge in [-0.1, -0.05) is 18.2 Å². The normalized spacial score (nSPS) is 14.8. The summed E-state index contributed by atoms with van der Waals surface area (Å²) in [5, 5.41) is 5.28. The molecule has 0 spiro atoms. The number of aromatic nitrogens is 1. The van der Waals surface area contributed by atoms with Gasteiger partial charge in [-0.3, -0.25) is 10.1 Å². The van der Waals surface area contributed by atoms with E-state index in [1.54, 1.807) is 13.2 Å². The SMILES string of the molecule is CCNC(=O)NC(=O)C(C)OC(=O)c1c2c(nc3ccccc13)/C(=C/c1ccco1)CC2. The van der Waals surface area contributed by atoms with E-state index in [-0.39, 0.29) is 0 Å².